The Balaban J connectivity index is 1.64. The first-order chi connectivity index (χ1) is 12.3. The molecule has 0 aliphatic carbocycles. The number of halogens is 1. The van der Waals surface area contributed by atoms with Crippen LogP contribution in [0.4, 0.5) is 9.18 Å². The lowest BCUT2D eigenvalue weighted by Gasteiger charge is -2.45. The molecule has 1 aromatic carbocycles. The topological polar surface area (TPSA) is 79.0 Å². The fourth-order valence-electron chi connectivity index (χ4n) is 3.27. The van der Waals surface area contributed by atoms with E-state index >= 15 is 0 Å². The molecule has 2 atom stereocenters. The van der Waals surface area contributed by atoms with Crippen LogP contribution in [0.3, 0.4) is 0 Å². The van der Waals surface area contributed by atoms with E-state index in [1.165, 1.54) is 29.2 Å². The standard InChI is InChI=1S/C18H22FN3O4/c1-11(2)9-14-17(24)22-8-7-21(10-15(22)16(23)20-14)18(25)26-13-5-3-12(19)4-6-13/h3-6,11,14-15H,7-10H2,1-2H3,(H,20,23)/t14-,15-/m1/s1. The fourth-order valence-corrected chi connectivity index (χ4v) is 3.27. The summed E-state index contributed by atoms with van der Waals surface area (Å²) in [6, 6.07) is 3.90. The summed E-state index contributed by atoms with van der Waals surface area (Å²) in [6.45, 7) is 4.63. The summed E-state index contributed by atoms with van der Waals surface area (Å²) >= 11 is 0. The molecule has 3 rings (SSSR count). The molecule has 2 aliphatic rings. The van der Waals surface area contributed by atoms with Gasteiger partial charge in [0, 0.05) is 13.1 Å². The van der Waals surface area contributed by atoms with Crippen molar-refractivity contribution in [1.29, 1.82) is 0 Å². The second-order valence-electron chi connectivity index (χ2n) is 7.01. The molecule has 2 fully saturated rings. The highest BCUT2D eigenvalue weighted by Crippen LogP contribution is 2.21. The van der Waals surface area contributed by atoms with Gasteiger partial charge in [0.1, 0.15) is 23.7 Å². The highest BCUT2D eigenvalue weighted by atomic mass is 19.1. The monoisotopic (exact) mass is 363 g/mol. The first kappa shape index (κ1) is 18.2. The summed E-state index contributed by atoms with van der Waals surface area (Å²) < 4.78 is 18.1. The third-order valence-corrected chi connectivity index (χ3v) is 4.56. The highest BCUT2D eigenvalue weighted by molar-refractivity contribution is 5.97. The first-order valence-electron chi connectivity index (χ1n) is 8.68. The van der Waals surface area contributed by atoms with E-state index in [1.54, 1.807) is 4.90 Å². The van der Waals surface area contributed by atoms with Crippen LogP contribution in [0, 0.1) is 11.7 Å². The molecule has 1 N–H and O–H groups in total. The Morgan fingerprint density at radius 1 is 1.27 bits per heavy atom. The van der Waals surface area contributed by atoms with E-state index in [4.69, 9.17) is 4.74 Å². The number of hydrogen-bond donors (Lipinski definition) is 1. The number of ether oxygens (including phenoxy) is 1. The number of benzene rings is 1. The van der Waals surface area contributed by atoms with Gasteiger partial charge in [-0.15, -0.1) is 0 Å². The fraction of sp³-hybridized carbons (Fsp3) is 0.500. The smallest absolute Gasteiger partial charge is 0.410 e. The van der Waals surface area contributed by atoms with Gasteiger partial charge >= 0.3 is 6.09 Å². The van der Waals surface area contributed by atoms with E-state index in [2.05, 4.69) is 5.32 Å². The maximum Gasteiger partial charge on any atom is 0.415 e. The number of carbonyl (C=O) groups excluding carboxylic acids is 3. The Bertz CT molecular complexity index is 707. The van der Waals surface area contributed by atoms with Gasteiger partial charge in [-0.2, -0.15) is 0 Å². The third kappa shape index (κ3) is 3.79. The van der Waals surface area contributed by atoms with E-state index in [1.807, 2.05) is 13.8 Å². The number of carbonyl (C=O) groups is 3. The van der Waals surface area contributed by atoms with Crippen molar-refractivity contribution in [3.8, 4) is 5.75 Å². The summed E-state index contributed by atoms with van der Waals surface area (Å²) in [5.74, 6) is -0.274. The molecular formula is C18H22FN3O4. The van der Waals surface area contributed by atoms with Gasteiger partial charge in [0.2, 0.25) is 11.8 Å². The SMILES string of the molecule is CC(C)C[C@H]1NC(=O)[C@H]2CN(C(=O)Oc3ccc(F)cc3)CCN2C1=O. The van der Waals surface area contributed by atoms with Crippen molar-refractivity contribution in [2.75, 3.05) is 19.6 Å². The number of fused-ring (bicyclic) bond motifs is 1. The van der Waals surface area contributed by atoms with Gasteiger partial charge in [0.25, 0.3) is 0 Å². The maximum absolute atomic E-state index is 12.9. The van der Waals surface area contributed by atoms with Gasteiger partial charge < -0.3 is 19.9 Å². The molecule has 0 saturated carbocycles. The van der Waals surface area contributed by atoms with E-state index in [0.717, 1.165) is 0 Å². The molecule has 2 heterocycles. The van der Waals surface area contributed by atoms with Crippen LogP contribution in [-0.2, 0) is 9.59 Å². The van der Waals surface area contributed by atoms with E-state index in [0.29, 0.717) is 6.42 Å². The predicted octanol–water partition coefficient (Wildman–Crippen LogP) is 1.38. The van der Waals surface area contributed by atoms with Crippen molar-refractivity contribution in [2.24, 2.45) is 5.92 Å². The zero-order chi connectivity index (χ0) is 18.8. The third-order valence-electron chi connectivity index (χ3n) is 4.56. The second kappa shape index (κ2) is 7.31. The number of rotatable bonds is 3. The van der Waals surface area contributed by atoms with E-state index in [9.17, 15) is 18.8 Å². The number of piperazine rings is 2. The number of amides is 3. The van der Waals surface area contributed by atoms with Crippen molar-refractivity contribution < 1.29 is 23.5 Å². The molecule has 0 bridgehead atoms. The molecule has 2 saturated heterocycles. The van der Waals surface area contributed by atoms with Crippen molar-refractivity contribution in [3.05, 3.63) is 30.1 Å². The Morgan fingerprint density at radius 3 is 2.62 bits per heavy atom. The molecule has 2 aliphatic heterocycles. The second-order valence-corrected chi connectivity index (χ2v) is 7.01. The summed E-state index contributed by atoms with van der Waals surface area (Å²) in [7, 11) is 0. The van der Waals surface area contributed by atoms with Gasteiger partial charge in [-0.3, -0.25) is 9.59 Å². The lowest BCUT2D eigenvalue weighted by Crippen LogP contribution is -2.69. The van der Waals surface area contributed by atoms with E-state index < -0.39 is 24.0 Å². The Labute approximate surface area is 151 Å². The number of nitrogens with one attached hydrogen (secondary N) is 1. The van der Waals surface area contributed by atoms with Crippen molar-refractivity contribution in [3.63, 3.8) is 0 Å². The molecular weight excluding hydrogens is 341 g/mol. The lowest BCUT2D eigenvalue weighted by atomic mass is 9.97. The van der Waals surface area contributed by atoms with Gasteiger partial charge in [-0.05, 0) is 36.6 Å². The zero-order valence-corrected chi connectivity index (χ0v) is 14.8. The average molecular weight is 363 g/mol. The Kier molecular flexibility index (Phi) is 5.11. The number of nitrogens with zero attached hydrogens (tertiary/aromatic N) is 2. The van der Waals surface area contributed by atoms with Gasteiger partial charge in [0.05, 0.1) is 6.54 Å². The Morgan fingerprint density at radius 2 is 1.96 bits per heavy atom. The van der Waals surface area contributed by atoms with Crippen LogP contribution in [0.15, 0.2) is 24.3 Å². The van der Waals surface area contributed by atoms with Crippen LogP contribution in [0.25, 0.3) is 0 Å². The van der Waals surface area contributed by atoms with Gasteiger partial charge in [-0.25, -0.2) is 9.18 Å². The summed E-state index contributed by atoms with van der Waals surface area (Å²) in [5, 5.41) is 2.76. The minimum absolute atomic E-state index is 0.0754. The van der Waals surface area contributed by atoms with Crippen LogP contribution in [0.1, 0.15) is 20.3 Å². The minimum Gasteiger partial charge on any atom is -0.410 e. The molecule has 0 spiro atoms. The Hall–Kier alpha value is -2.64. The van der Waals surface area contributed by atoms with E-state index in [-0.39, 0.29) is 43.1 Å². The molecule has 26 heavy (non-hydrogen) atoms. The normalized spacial score (nSPS) is 22.9. The lowest BCUT2D eigenvalue weighted by molar-refractivity contribution is -0.152. The molecule has 3 amide bonds. The number of hydrogen-bond acceptors (Lipinski definition) is 4. The molecule has 0 radical (unpaired) electrons. The molecule has 8 heteroatoms. The van der Waals surface area contributed by atoms with Crippen LogP contribution in [0.5, 0.6) is 5.75 Å². The van der Waals surface area contributed by atoms with Gasteiger partial charge in [0.15, 0.2) is 0 Å². The van der Waals surface area contributed by atoms with Crippen LogP contribution < -0.4 is 10.1 Å². The average Bonchev–Trinajstić information content (AvgIpc) is 2.60. The van der Waals surface area contributed by atoms with Crippen molar-refractivity contribution >= 4 is 17.9 Å². The molecule has 140 valence electrons. The summed E-state index contributed by atoms with van der Waals surface area (Å²) in [6.07, 6.45) is -0.0368. The molecule has 7 nitrogen and oxygen atoms in total. The minimum atomic E-state index is -0.708. The molecule has 1 aromatic rings. The molecule has 0 unspecified atom stereocenters. The summed E-state index contributed by atoms with van der Waals surface area (Å²) in [4.78, 5) is 40.2. The van der Waals surface area contributed by atoms with Crippen molar-refractivity contribution in [1.82, 2.24) is 15.1 Å². The van der Waals surface area contributed by atoms with Crippen molar-refractivity contribution in [2.45, 2.75) is 32.4 Å². The van der Waals surface area contributed by atoms with Crippen LogP contribution in [0.2, 0.25) is 0 Å². The summed E-state index contributed by atoms with van der Waals surface area (Å²) in [5.41, 5.74) is 0. The quantitative estimate of drug-likeness (QED) is 0.880. The van der Waals surface area contributed by atoms with Crippen LogP contribution in [-0.4, -0.2) is 59.4 Å². The first-order valence-corrected chi connectivity index (χ1v) is 8.68. The van der Waals surface area contributed by atoms with Crippen LogP contribution >= 0.6 is 0 Å². The predicted molar refractivity (Wildman–Crippen MR) is 90.9 cm³/mol. The maximum atomic E-state index is 12.9. The zero-order valence-electron chi connectivity index (χ0n) is 14.8. The highest BCUT2D eigenvalue weighted by Gasteiger charge is 2.44. The van der Waals surface area contributed by atoms with Gasteiger partial charge in [-0.1, -0.05) is 13.8 Å². The molecule has 0 aromatic heterocycles. The largest absolute Gasteiger partial charge is 0.415 e.